The summed E-state index contributed by atoms with van der Waals surface area (Å²) in [5.74, 6) is 2.19. The third-order valence-corrected chi connectivity index (χ3v) is 6.90. The predicted molar refractivity (Wildman–Crippen MR) is 92.0 cm³/mol. The zero-order valence-electron chi connectivity index (χ0n) is 12.7. The van der Waals surface area contributed by atoms with Crippen molar-refractivity contribution in [1.29, 1.82) is 0 Å². The van der Waals surface area contributed by atoms with E-state index in [1.54, 1.807) is 23.1 Å². The molecule has 2 rings (SSSR count). The standard InChI is InChI=1S/C13H23N3O2S3/c1-10(2)6-14-7-11-8-15-13(20-11)16-4-5-19-9-12(16)21(3,17)18/h8,10,12,14H,4-7,9H2,1-3H3. The van der Waals surface area contributed by atoms with Gasteiger partial charge in [-0.2, -0.15) is 11.8 Å². The minimum atomic E-state index is -3.09. The molecule has 8 heteroatoms. The van der Waals surface area contributed by atoms with E-state index >= 15 is 0 Å². The van der Waals surface area contributed by atoms with Gasteiger partial charge in [-0.15, -0.1) is 11.3 Å². The Hall–Kier alpha value is -0.310. The van der Waals surface area contributed by atoms with Gasteiger partial charge in [0.15, 0.2) is 15.0 Å². The maximum Gasteiger partial charge on any atom is 0.186 e. The summed E-state index contributed by atoms with van der Waals surface area (Å²) in [4.78, 5) is 7.53. The molecule has 0 amide bonds. The van der Waals surface area contributed by atoms with E-state index in [2.05, 4.69) is 24.1 Å². The molecule has 0 spiro atoms. The lowest BCUT2D eigenvalue weighted by atomic mass is 10.2. The van der Waals surface area contributed by atoms with E-state index in [-0.39, 0.29) is 0 Å². The monoisotopic (exact) mass is 349 g/mol. The number of nitrogens with one attached hydrogen (secondary N) is 1. The third-order valence-electron chi connectivity index (χ3n) is 3.22. The van der Waals surface area contributed by atoms with E-state index < -0.39 is 15.2 Å². The predicted octanol–water partition coefficient (Wildman–Crippen LogP) is 1.81. The van der Waals surface area contributed by atoms with Crippen molar-refractivity contribution in [1.82, 2.24) is 10.3 Å². The molecule has 120 valence electrons. The summed E-state index contributed by atoms with van der Waals surface area (Å²) in [5, 5.41) is 3.77. The maximum atomic E-state index is 11.9. The third kappa shape index (κ3) is 4.84. The lowest BCUT2D eigenvalue weighted by Gasteiger charge is -2.33. The highest BCUT2D eigenvalue weighted by Gasteiger charge is 2.32. The molecule has 21 heavy (non-hydrogen) atoms. The van der Waals surface area contributed by atoms with E-state index in [0.29, 0.717) is 11.7 Å². The van der Waals surface area contributed by atoms with Crippen LogP contribution in [0.2, 0.25) is 0 Å². The van der Waals surface area contributed by atoms with Crippen molar-refractivity contribution in [2.45, 2.75) is 25.8 Å². The van der Waals surface area contributed by atoms with Gasteiger partial charge in [-0.3, -0.25) is 0 Å². The Kier molecular flexibility index (Phi) is 5.93. The number of rotatable bonds is 6. The van der Waals surface area contributed by atoms with Gasteiger partial charge in [0.05, 0.1) is 0 Å². The average Bonchev–Trinajstić information content (AvgIpc) is 2.86. The Morgan fingerprint density at radius 3 is 2.95 bits per heavy atom. The van der Waals surface area contributed by atoms with Gasteiger partial charge < -0.3 is 10.2 Å². The number of nitrogens with zero attached hydrogens (tertiary/aromatic N) is 2. The van der Waals surface area contributed by atoms with Gasteiger partial charge in [0, 0.05) is 41.9 Å². The molecule has 2 heterocycles. The summed E-state index contributed by atoms with van der Waals surface area (Å²) >= 11 is 3.29. The molecule has 1 fully saturated rings. The van der Waals surface area contributed by atoms with Crippen LogP contribution in [0.5, 0.6) is 0 Å². The second-order valence-corrected chi connectivity index (χ2v) is 10.1. The quantitative estimate of drug-likeness (QED) is 0.845. The van der Waals surface area contributed by atoms with Gasteiger partial charge in [-0.05, 0) is 12.5 Å². The summed E-state index contributed by atoms with van der Waals surface area (Å²) < 4.78 is 23.9. The number of thiazole rings is 1. The molecule has 1 saturated heterocycles. The summed E-state index contributed by atoms with van der Waals surface area (Å²) in [5.41, 5.74) is 0. The van der Waals surface area contributed by atoms with E-state index in [4.69, 9.17) is 0 Å². The fraction of sp³-hybridized carbons (Fsp3) is 0.769. The number of hydrogen-bond acceptors (Lipinski definition) is 7. The van der Waals surface area contributed by atoms with Crippen molar-refractivity contribution in [3.05, 3.63) is 11.1 Å². The first-order valence-electron chi connectivity index (χ1n) is 7.06. The molecule has 1 aliphatic heterocycles. The summed E-state index contributed by atoms with van der Waals surface area (Å²) in [6, 6.07) is 0. The first-order valence-corrected chi connectivity index (χ1v) is 11.0. The van der Waals surface area contributed by atoms with E-state index in [1.165, 1.54) is 6.26 Å². The largest absolute Gasteiger partial charge is 0.330 e. The van der Waals surface area contributed by atoms with Crippen molar-refractivity contribution in [3.63, 3.8) is 0 Å². The van der Waals surface area contributed by atoms with E-state index in [9.17, 15) is 8.42 Å². The van der Waals surface area contributed by atoms with Crippen LogP contribution in [0.3, 0.4) is 0 Å². The van der Waals surface area contributed by atoms with Crippen molar-refractivity contribution >= 4 is 38.1 Å². The highest BCUT2D eigenvalue weighted by atomic mass is 32.2. The lowest BCUT2D eigenvalue weighted by Crippen LogP contribution is -2.47. The second-order valence-electron chi connectivity index (χ2n) is 5.69. The van der Waals surface area contributed by atoms with E-state index in [1.807, 2.05) is 11.1 Å². The molecule has 5 nitrogen and oxygen atoms in total. The van der Waals surface area contributed by atoms with Crippen LogP contribution in [0.25, 0.3) is 0 Å². The molecule has 0 aromatic carbocycles. The summed E-state index contributed by atoms with van der Waals surface area (Å²) in [6.07, 6.45) is 3.17. The van der Waals surface area contributed by atoms with Crippen molar-refractivity contribution in [2.75, 3.05) is 35.8 Å². The Balaban J connectivity index is 2.05. The average molecular weight is 350 g/mol. The molecule has 1 aromatic rings. The van der Waals surface area contributed by atoms with Gasteiger partial charge in [-0.1, -0.05) is 13.8 Å². The smallest absolute Gasteiger partial charge is 0.186 e. The van der Waals surface area contributed by atoms with Crippen LogP contribution in [-0.4, -0.2) is 49.6 Å². The highest BCUT2D eigenvalue weighted by molar-refractivity contribution is 8.01. The normalized spacial score (nSPS) is 20.2. The molecular formula is C13H23N3O2S3. The van der Waals surface area contributed by atoms with Crippen LogP contribution in [0, 0.1) is 5.92 Å². The first-order chi connectivity index (χ1) is 9.88. The Bertz CT molecular complexity index is 557. The van der Waals surface area contributed by atoms with Crippen LogP contribution >= 0.6 is 23.1 Å². The minimum Gasteiger partial charge on any atom is -0.330 e. The number of sulfone groups is 1. The molecule has 1 aliphatic rings. The van der Waals surface area contributed by atoms with Gasteiger partial charge in [0.25, 0.3) is 0 Å². The van der Waals surface area contributed by atoms with Crippen LogP contribution in [0.1, 0.15) is 18.7 Å². The highest BCUT2D eigenvalue weighted by Crippen LogP contribution is 2.30. The molecule has 1 atom stereocenters. The van der Waals surface area contributed by atoms with Gasteiger partial charge in [0.2, 0.25) is 0 Å². The fourth-order valence-electron chi connectivity index (χ4n) is 2.15. The molecule has 0 aliphatic carbocycles. The van der Waals surface area contributed by atoms with Gasteiger partial charge >= 0.3 is 0 Å². The van der Waals surface area contributed by atoms with Crippen LogP contribution in [0.15, 0.2) is 6.20 Å². The number of anilines is 1. The Labute approximate surface area is 135 Å². The SMILES string of the molecule is CC(C)CNCc1cnc(N2CCSCC2S(C)(=O)=O)s1. The molecule has 1 aromatic heterocycles. The molecule has 0 saturated carbocycles. The zero-order valence-corrected chi connectivity index (χ0v) is 15.2. The molecule has 0 bridgehead atoms. The molecule has 0 radical (unpaired) electrons. The zero-order chi connectivity index (χ0) is 15.5. The van der Waals surface area contributed by atoms with Gasteiger partial charge in [0.1, 0.15) is 5.37 Å². The Morgan fingerprint density at radius 2 is 2.29 bits per heavy atom. The summed E-state index contributed by atoms with van der Waals surface area (Å²) in [7, 11) is -3.09. The lowest BCUT2D eigenvalue weighted by molar-refractivity contribution is 0.554. The van der Waals surface area contributed by atoms with E-state index in [0.717, 1.165) is 35.4 Å². The maximum absolute atomic E-state index is 11.9. The summed E-state index contributed by atoms with van der Waals surface area (Å²) in [6.45, 7) is 6.86. The van der Waals surface area contributed by atoms with Gasteiger partial charge in [-0.25, -0.2) is 13.4 Å². The van der Waals surface area contributed by atoms with Crippen molar-refractivity contribution < 1.29 is 8.42 Å². The minimum absolute atomic E-state index is 0.445. The number of thioether (sulfide) groups is 1. The number of hydrogen-bond donors (Lipinski definition) is 1. The molecule has 1 N–H and O–H groups in total. The fourth-order valence-corrected chi connectivity index (χ4v) is 5.99. The van der Waals surface area contributed by atoms with Crippen LogP contribution in [0.4, 0.5) is 5.13 Å². The topological polar surface area (TPSA) is 62.3 Å². The van der Waals surface area contributed by atoms with Crippen molar-refractivity contribution in [3.8, 4) is 0 Å². The molecular weight excluding hydrogens is 326 g/mol. The van der Waals surface area contributed by atoms with Crippen molar-refractivity contribution in [2.24, 2.45) is 5.92 Å². The van der Waals surface area contributed by atoms with Crippen LogP contribution in [-0.2, 0) is 16.4 Å². The van der Waals surface area contributed by atoms with Crippen LogP contribution < -0.4 is 10.2 Å². The molecule has 1 unspecified atom stereocenters. The first kappa shape index (κ1) is 17.1. The Morgan fingerprint density at radius 1 is 1.52 bits per heavy atom. The second kappa shape index (κ2) is 7.30. The number of aromatic nitrogens is 1.